The zero-order valence-corrected chi connectivity index (χ0v) is 14.7. The number of rotatable bonds is 4. The molecule has 0 atom stereocenters. The monoisotopic (exact) mass is 363 g/mol. The quantitative estimate of drug-likeness (QED) is 0.873. The molecule has 1 amide bonds. The van der Waals surface area contributed by atoms with Crippen LogP contribution in [-0.2, 0) is 21.5 Å². The van der Waals surface area contributed by atoms with Gasteiger partial charge in [0.2, 0.25) is 0 Å². The second-order valence-corrected chi connectivity index (χ2v) is 7.59. The number of nitrogens with one attached hydrogen (secondary N) is 2. The van der Waals surface area contributed by atoms with Gasteiger partial charge in [-0.05, 0) is 48.7 Å². The molecule has 1 heterocycles. The first-order valence-corrected chi connectivity index (χ1v) is 9.13. The predicted octanol–water partition coefficient (Wildman–Crippen LogP) is 2.24. The SMILES string of the molecule is Cc1ccc(C)c(NCc2ccc(N3CC(=O)NS3(=O)=O)c(F)c2)c1. The van der Waals surface area contributed by atoms with E-state index in [4.69, 9.17) is 0 Å². The van der Waals surface area contributed by atoms with Crippen molar-refractivity contribution in [2.24, 2.45) is 0 Å². The Morgan fingerprint density at radius 3 is 2.60 bits per heavy atom. The number of amides is 1. The molecule has 132 valence electrons. The maximum absolute atomic E-state index is 14.4. The van der Waals surface area contributed by atoms with Gasteiger partial charge in [0, 0.05) is 12.2 Å². The summed E-state index contributed by atoms with van der Waals surface area (Å²) < 4.78 is 40.5. The summed E-state index contributed by atoms with van der Waals surface area (Å²) in [6.45, 7) is 3.95. The van der Waals surface area contributed by atoms with Crippen molar-refractivity contribution in [3.63, 3.8) is 0 Å². The molecule has 6 nitrogen and oxygen atoms in total. The van der Waals surface area contributed by atoms with Gasteiger partial charge in [-0.2, -0.15) is 8.42 Å². The molecule has 1 saturated heterocycles. The van der Waals surface area contributed by atoms with Crippen LogP contribution in [0.25, 0.3) is 0 Å². The van der Waals surface area contributed by atoms with Crippen molar-refractivity contribution in [2.75, 3.05) is 16.2 Å². The van der Waals surface area contributed by atoms with Crippen LogP contribution in [0.2, 0.25) is 0 Å². The number of anilines is 2. The lowest BCUT2D eigenvalue weighted by Crippen LogP contribution is -2.30. The normalized spacial score (nSPS) is 16.0. The van der Waals surface area contributed by atoms with E-state index in [2.05, 4.69) is 5.32 Å². The number of carbonyl (C=O) groups excluding carboxylic acids is 1. The van der Waals surface area contributed by atoms with Crippen molar-refractivity contribution in [2.45, 2.75) is 20.4 Å². The van der Waals surface area contributed by atoms with Crippen molar-refractivity contribution in [1.82, 2.24) is 4.72 Å². The van der Waals surface area contributed by atoms with Crippen molar-refractivity contribution in [1.29, 1.82) is 0 Å². The summed E-state index contributed by atoms with van der Waals surface area (Å²) in [5, 5.41) is 3.24. The van der Waals surface area contributed by atoms with Gasteiger partial charge in [0.05, 0.1) is 5.69 Å². The van der Waals surface area contributed by atoms with Crippen LogP contribution in [0, 0.1) is 19.7 Å². The van der Waals surface area contributed by atoms with E-state index in [1.807, 2.05) is 36.8 Å². The number of hydrogen-bond acceptors (Lipinski definition) is 4. The lowest BCUT2D eigenvalue weighted by Gasteiger charge is -2.16. The average molecular weight is 363 g/mol. The lowest BCUT2D eigenvalue weighted by molar-refractivity contribution is -0.117. The molecule has 2 aromatic carbocycles. The summed E-state index contributed by atoms with van der Waals surface area (Å²) >= 11 is 0. The number of benzene rings is 2. The highest BCUT2D eigenvalue weighted by atomic mass is 32.2. The Kier molecular flexibility index (Phi) is 4.38. The van der Waals surface area contributed by atoms with Gasteiger partial charge in [-0.15, -0.1) is 0 Å². The summed E-state index contributed by atoms with van der Waals surface area (Å²) in [4.78, 5) is 11.3. The Morgan fingerprint density at radius 1 is 1.20 bits per heavy atom. The third-order valence-corrected chi connectivity index (χ3v) is 5.37. The first kappa shape index (κ1) is 17.2. The Morgan fingerprint density at radius 2 is 1.96 bits per heavy atom. The van der Waals surface area contributed by atoms with Crippen LogP contribution in [0.1, 0.15) is 16.7 Å². The van der Waals surface area contributed by atoms with E-state index in [1.54, 1.807) is 6.07 Å². The van der Waals surface area contributed by atoms with E-state index in [0.29, 0.717) is 12.1 Å². The number of halogens is 1. The molecular formula is C17H18FN3O3S. The molecule has 0 radical (unpaired) electrons. The molecule has 0 aromatic heterocycles. The van der Waals surface area contributed by atoms with Crippen molar-refractivity contribution >= 4 is 27.5 Å². The Hall–Kier alpha value is -2.61. The summed E-state index contributed by atoms with van der Waals surface area (Å²) in [6.07, 6.45) is 0. The van der Waals surface area contributed by atoms with E-state index < -0.39 is 28.5 Å². The molecule has 0 spiro atoms. The standard InChI is InChI=1S/C17H18FN3O3S/c1-11-3-4-12(2)15(7-11)19-9-13-5-6-16(14(18)8-13)21-10-17(22)20-25(21,23)24/h3-8,19H,9-10H2,1-2H3,(H,20,22). The Balaban J connectivity index is 1.78. The van der Waals surface area contributed by atoms with Gasteiger partial charge < -0.3 is 5.32 Å². The molecule has 1 aliphatic rings. The summed E-state index contributed by atoms with van der Waals surface area (Å²) in [5.41, 5.74) is 3.68. The van der Waals surface area contributed by atoms with E-state index in [-0.39, 0.29) is 5.69 Å². The van der Waals surface area contributed by atoms with Crippen LogP contribution in [0.3, 0.4) is 0 Å². The minimum Gasteiger partial charge on any atom is -0.381 e. The third kappa shape index (κ3) is 3.58. The van der Waals surface area contributed by atoms with Gasteiger partial charge in [0.25, 0.3) is 5.91 Å². The smallest absolute Gasteiger partial charge is 0.326 e. The third-order valence-electron chi connectivity index (χ3n) is 3.98. The first-order valence-electron chi connectivity index (χ1n) is 7.69. The van der Waals surface area contributed by atoms with Gasteiger partial charge in [-0.1, -0.05) is 18.2 Å². The highest BCUT2D eigenvalue weighted by Gasteiger charge is 2.35. The minimum atomic E-state index is -4.01. The van der Waals surface area contributed by atoms with Crippen molar-refractivity contribution in [3.05, 3.63) is 58.9 Å². The van der Waals surface area contributed by atoms with Crippen LogP contribution in [0.5, 0.6) is 0 Å². The molecule has 1 fully saturated rings. The molecule has 0 saturated carbocycles. The number of aryl methyl sites for hydroxylation is 2. The molecule has 0 aliphatic carbocycles. The van der Waals surface area contributed by atoms with Crippen LogP contribution in [0.15, 0.2) is 36.4 Å². The lowest BCUT2D eigenvalue weighted by atomic mass is 10.1. The molecule has 8 heteroatoms. The van der Waals surface area contributed by atoms with Crippen molar-refractivity contribution in [3.8, 4) is 0 Å². The van der Waals surface area contributed by atoms with E-state index in [9.17, 15) is 17.6 Å². The number of carbonyl (C=O) groups is 1. The van der Waals surface area contributed by atoms with Gasteiger partial charge in [-0.3, -0.25) is 4.79 Å². The van der Waals surface area contributed by atoms with Gasteiger partial charge in [-0.25, -0.2) is 13.4 Å². The summed E-state index contributed by atoms with van der Waals surface area (Å²) in [7, 11) is -4.01. The maximum atomic E-state index is 14.4. The van der Waals surface area contributed by atoms with Crippen molar-refractivity contribution < 1.29 is 17.6 Å². The second-order valence-electron chi connectivity index (χ2n) is 5.99. The fraction of sp³-hybridized carbons (Fsp3) is 0.235. The van der Waals surface area contributed by atoms with Crippen LogP contribution < -0.4 is 14.3 Å². The molecular weight excluding hydrogens is 345 g/mol. The van der Waals surface area contributed by atoms with Gasteiger partial charge in [0.15, 0.2) is 0 Å². The summed E-state index contributed by atoms with van der Waals surface area (Å²) in [5.74, 6) is -1.37. The molecule has 0 bridgehead atoms. The number of nitrogens with zero attached hydrogens (tertiary/aromatic N) is 1. The summed E-state index contributed by atoms with van der Waals surface area (Å²) in [6, 6.07) is 10.3. The highest BCUT2D eigenvalue weighted by Crippen LogP contribution is 2.25. The highest BCUT2D eigenvalue weighted by molar-refractivity contribution is 7.92. The fourth-order valence-corrected chi connectivity index (χ4v) is 3.80. The molecule has 2 aromatic rings. The number of hydrogen-bond donors (Lipinski definition) is 2. The van der Waals surface area contributed by atoms with E-state index >= 15 is 0 Å². The maximum Gasteiger partial charge on any atom is 0.326 e. The topological polar surface area (TPSA) is 78.5 Å². The van der Waals surface area contributed by atoms with Gasteiger partial charge >= 0.3 is 10.2 Å². The average Bonchev–Trinajstić information content (AvgIpc) is 2.81. The van der Waals surface area contributed by atoms with Crippen LogP contribution in [-0.4, -0.2) is 20.9 Å². The van der Waals surface area contributed by atoms with Crippen LogP contribution in [0.4, 0.5) is 15.8 Å². The predicted molar refractivity (Wildman–Crippen MR) is 94.1 cm³/mol. The Labute approximate surface area is 145 Å². The zero-order chi connectivity index (χ0) is 18.2. The van der Waals surface area contributed by atoms with Gasteiger partial charge in [0.1, 0.15) is 12.4 Å². The van der Waals surface area contributed by atoms with E-state index in [0.717, 1.165) is 21.1 Å². The zero-order valence-electron chi connectivity index (χ0n) is 13.8. The molecule has 0 unspecified atom stereocenters. The second kappa shape index (κ2) is 6.36. The molecule has 2 N–H and O–H groups in total. The molecule has 25 heavy (non-hydrogen) atoms. The minimum absolute atomic E-state index is 0.145. The fourth-order valence-electron chi connectivity index (χ4n) is 2.65. The van der Waals surface area contributed by atoms with E-state index in [1.165, 1.54) is 12.1 Å². The van der Waals surface area contributed by atoms with Crippen LogP contribution >= 0.6 is 0 Å². The Bertz CT molecular complexity index is 944. The molecule has 3 rings (SSSR count). The first-order chi connectivity index (χ1) is 11.8. The largest absolute Gasteiger partial charge is 0.381 e. The molecule has 1 aliphatic heterocycles.